The van der Waals surface area contributed by atoms with E-state index in [1.165, 1.54) is 12.0 Å². The molecule has 4 rings (SSSR count). The van der Waals surface area contributed by atoms with Crippen LogP contribution < -0.4 is 10.1 Å². The van der Waals surface area contributed by atoms with Crippen LogP contribution in [-0.4, -0.2) is 28.1 Å². The molecule has 1 amide bonds. The Kier molecular flexibility index (Phi) is 5.06. The minimum Gasteiger partial charge on any atom is -0.496 e. The van der Waals surface area contributed by atoms with E-state index in [1.54, 1.807) is 20.1 Å². The Morgan fingerprint density at radius 2 is 1.96 bits per heavy atom. The number of aryl methyl sites for hydroxylation is 3. The van der Waals surface area contributed by atoms with Gasteiger partial charge < -0.3 is 14.6 Å². The summed E-state index contributed by atoms with van der Waals surface area (Å²) in [4.78, 5) is 21.9. The molecule has 0 unspecified atom stereocenters. The molecule has 0 saturated carbocycles. The zero-order valence-corrected chi connectivity index (χ0v) is 15.9. The maximum absolute atomic E-state index is 13.0. The van der Waals surface area contributed by atoms with Crippen molar-refractivity contribution in [2.75, 3.05) is 7.11 Å². The molecule has 0 radical (unpaired) electrons. The van der Waals surface area contributed by atoms with E-state index in [2.05, 4.69) is 20.4 Å². The topological polar surface area (TPSA) is 90.1 Å². The van der Waals surface area contributed by atoms with Crippen LogP contribution in [-0.2, 0) is 12.8 Å². The third-order valence-corrected chi connectivity index (χ3v) is 4.94. The molecule has 1 aliphatic carbocycles. The monoisotopic (exact) mass is 378 g/mol. The van der Waals surface area contributed by atoms with Crippen LogP contribution in [0.4, 0.5) is 0 Å². The molecule has 7 nitrogen and oxygen atoms in total. The number of methoxy groups -OCH3 is 1. The van der Waals surface area contributed by atoms with Gasteiger partial charge in [-0.2, -0.15) is 4.98 Å². The average molecular weight is 378 g/mol. The van der Waals surface area contributed by atoms with E-state index in [0.29, 0.717) is 23.2 Å². The van der Waals surface area contributed by atoms with Gasteiger partial charge in [-0.25, -0.2) is 4.98 Å². The van der Waals surface area contributed by atoms with Gasteiger partial charge >= 0.3 is 0 Å². The van der Waals surface area contributed by atoms with Crippen LogP contribution in [0.2, 0.25) is 0 Å². The molecule has 28 heavy (non-hydrogen) atoms. The van der Waals surface area contributed by atoms with E-state index in [4.69, 9.17) is 9.26 Å². The molecule has 1 N–H and O–H groups in total. The summed E-state index contributed by atoms with van der Waals surface area (Å²) in [7, 11) is 1.59. The summed E-state index contributed by atoms with van der Waals surface area (Å²) in [6, 6.07) is 10.6. The molecule has 0 bridgehead atoms. The Hall–Kier alpha value is -3.22. The van der Waals surface area contributed by atoms with E-state index in [-0.39, 0.29) is 5.91 Å². The van der Waals surface area contributed by atoms with Crippen LogP contribution in [0.3, 0.4) is 0 Å². The van der Waals surface area contributed by atoms with E-state index in [0.717, 1.165) is 30.5 Å². The third-order valence-electron chi connectivity index (χ3n) is 4.94. The number of nitrogens with zero attached hydrogens (tertiary/aromatic N) is 3. The first-order valence-corrected chi connectivity index (χ1v) is 9.38. The maximum Gasteiger partial charge on any atom is 0.270 e. The molecule has 1 atom stereocenters. The number of hydrogen-bond donors (Lipinski definition) is 1. The standard InChI is InChI=1S/C21H22N4O3/c1-13-22-20(25-28-13)19(15-8-4-6-10-18(15)27-2)24-21(26)17-12-11-14-7-3-5-9-16(14)23-17/h4,6,8,10-12,19H,3,5,7,9H2,1-2H3,(H,24,26)/t19-/m0/s1. The fraction of sp³-hybridized carbons (Fsp3) is 0.333. The lowest BCUT2D eigenvalue weighted by molar-refractivity contribution is 0.0935. The molecule has 144 valence electrons. The van der Waals surface area contributed by atoms with Crippen LogP contribution in [0.25, 0.3) is 0 Å². The highest BCUT2D eigenvalue weighted by atomic mass is 16.5. The lowest BCUT2D eigenvalue weighted by atomic mass is 9.96. The van der Waals surface area contributed by atoms with Crippen molar-refractivity contribution >= 4 is 5.91 Å². The lowest BCUT2D eigenvalue weighted by Crippen LogP contribution is -2.31. The van der Waals surface area contributed by atoms with E-state index in [1.807, 2.05) is 30.3 Å². The largest absolute Gasteiger partial charge is 0.496 e. The van der Waals surface area contributed by atoms with E-state index >= 15 is 0 Å². The maximum atomic E-state index is 13.0. The summed E-state index contributed by atoms with van der Waals surface area (Å²) in [5.41, 5.74) is 3.39. The number of aromatic nitrogens is 3. The van der Waals surface area contributed by atoms with Crippen molar-refractivity contribution in [2.24, 2.45) is 0 Å². The summed E-state index contributed by atoms with van der Waals surface area (Å²) in [5.74, 6) is 1.14. The SMILES string of the molecule is COc1ccccc1[C@H](NC(=O)c1ccc2c(n1)CCCC2)c1noc(C)n1. The van der Waals surface area contributed by atoms with E-state index < -0.39 is 6.04 Å². The molecule has 0 spiro atoms. The van der Waals surface area contributed by atoms with Crippen LogP contribution in [0.5, 0.6) is 5.75 Å². The number of pyridine rings is 1. The number of fused-ring (bicyclic) bond motifs is 1. The molecular formula is C21H22N4O3. The fourth-order valence-electron chi connectivity index (χ4n) is 3.53. The Morgan fingerprint density at radius 3 is 2.75 bits per heavy atom. The summed E-state index contributed by atoms with van der Waals surface area (Å²) in [6.07, 6.45) is 4.22. The first kappa shape index (κ1) is 18.2. The molecule has 0 saturated heterocycles. The highest BCUT2D eigenvalue weighted by Gasteiger charge is 2.26. The van der Waals surface area contributed by atoms with Gasteiger partial charge in [-0.05, 0) is 43.4 Å². The van der Waals surface area contributed by atoms with Crippen molar-refractivity contribution in [1.82, 2.24) is 20.4 Å². The van der Waals surface area contributed by atoms with Gasteiger partial charge in [0.1, 0.15) is 17.5 Å². The van der Waals surface area contributed by atoms with Crippen LogP contribution >= 0.6 is 0 Å². The molecule has 2 aromatic heterocycles. The predicted octanol–water partition coefficient (Wildman–Crippen LogP) is 3.18. The summed E-state index contributed by atoms with van der Waals surface area (Å²) in [5, 5.41) is 7.00. The zero-order chi connectivity index (χ0) is 19.5. The Bertz CT molecular complexity index is 999. The highest BCUT2D eigenvalue weighted by molar-refractivity contribution is 5.93. The highest BCUT2D eigenvalue weighted by Crippen LogP contribution is 2.29. The molecule has 0 aliphatic heterocycles. The first-order valence-electron chi connectivity index (χ1n) is 9.38. The molecule has 1 aliphatic rings. The molecule has 2 heterocycles. The van der Waals surface area contributed by atoms with Gasteiger partial charge in [-0.3, -0.25) is 4.79 Å². The second kappa shape index (κ2) is 7.80. The Labute approximate surface area is 163 Å². The number of carbonyl (C=O) groups excluding carboxylic acids is 1. The summed E-state index contributed by atoms with van der Waals surface area (Å²) in [6.45, 7) is 1.71. The number of benzene rings is 1. The van der Waals surface area contributed by atoms with Gasteiger partial charge in [0.05, 0.1) is 7.11 Å². The van der Waals surface area contributed by atoms with Gasteiger partial charge in [-0.15, -0.1) is 0 Å². The molecule has 3 aromatic rings. The van der Waals surface area contributed by atoms with Gasteiger partial charge in [0.15, 0.2) is 5.82 Å². The van der Waals surface area contributed by atoms with Crippen LogP contribution in [0.15, 0.2) is 40.9 Å². The zero-order valence-electron chi connectivity index (χ0n) is 15.9. The first-order chi connectivity index (χ1) is 13.7. The van der Waals surface area contributed by atoms with Crippen molar-refractivity contribution in [3.63, 3.8) is 0 Å². The second-order valence-corrected chi connectivity index (χ2v) is 6.83. The number of nitrogens with one attached hydrogen (secondary N) is 1. The van der Waals surface area contributed by atoms with Crippen LogP contribution in [0.1, 0.15) is 57.9 Å². The Balaban J connectivity index is 1.67. The number of amides is 1. The smallest absolute Gasteiger partial charge is 0.270 e. The molecule has 0 fully saturated rings. The third kappa shape index (κ3) is 3.60. The lowest BCUT2D eigenvalue weighted by Gasteiger charge is -2.19. The fourth-order valence-corrected chi connectivity index (χ4v) is 3.53. The van der Waals surface area contributed by atoms with Crippen molar-refractivity contribution in [2.45, 2.75) is 38.6 Å². The van der Waals surface area contributed by atoms with E-state index in [9.17, 15) is 4.79 Å². The van der Waals surface area contributed by atoms with Gasteiger partial charge in [0, 0.05) is 18.2 Å². The quantitative estimate of drug-likeness (QED) is 0.733. The molecule has 7 heteroatoms. The minimum absolute atomic E-state index is 0.285. The number of rotatable bonds is 5. The van der Waals surface area contributed by atoms with Gasteiger partial charge in [-0.1, -0.05) is 29.4 Å². The molecular weight excluding hydrogens is 356 g/mol. The normalized spacial score (nSPS) is 14.2. The number of hydrogen-bond acceptors (Lipinski definition) is 6. The predicted molar refractivity (Wildman–Crippen MR) is 102 cm³/mol. The van der Waals surface area contributed by atoms with Gasteiger partial charge in [0.25, 0.3) is 5.91 Å². The average Bonchev–Trinajstić information content (AvgIpc) is 3.17. The van der Waals surface area contributed by atoms with Gasteiger partial charge in [0.2, 0.25) is 5.89 Å². The minimum atomic E-state index is -0.612. The summed E-state index contributed by atoms with van der Waals surface area (Å²) < 4.78 is 10.6. The second-order valence-electron chi connectivity index (χ2n) is 6.83. The van der Waals surface area contributed by atoms with Crippen LogP contribution in [0, 0.1) is 6.92 Å². The van der Waals surface area contributed by atoms with Crippen molar-refractivity contribution in [3.8, 4) is 5.75 Å². The van der Waals surface area contributed by atoms with Crippen molar-refractivity contribution in [3.05, 3.63) is 70.6 Å². The number of carbonyl (C=O) groups is 1. The van der Waals surface area contributed by atoms with Crippen molar-refractivity contribution in [1.29, 1.82) is 0 Å². The van der Waals surface area contributed by atoms with Crippen molar-refractivity contribution < 1.29 is 14.1 Å². The molecule has 1 aromatic carbocycles. The summed E-state index contributed by atoms with van der Waals surface area (Å²) >= 11 is 0. The number of ether oxygens (including phenoxy) is 1. The Morgan fingerprint density at radius 1 is 1.14 bits per heavy atom. The number of para-hydroxylation sites is 1.